The Labute approximate surface area is 51.1 Å². The summed E-state index contributed by atoms with van der Waals surface area (Å²) in [6.07, 6.45) is 7.42. The van der Waals surface area contributed by atoms with Crippen LogP contribution in [0.3, 0.4) is 0 Å². The zero-order valence-electron chi connectivity index (χ0n) is 3.87. The van der Waals surface area contributed by atoms with Crippen LogP contribution in [0.5, 0.6) is 0 Å². The van der Waals surface area contributed by atoms with Crippen molar-refractivity contribution in [3.63, 3.8) is 0 Å². The molecule has 0 aromatic rings. The van der Waals surface area contributed by atoms with Crippen LogP contribution in [0.4, 0.5) is 0 Å². The van der Waals surface area contributed by atoms with Gasteiger partial charge in [0.05, 0.1) is 0 Å². The molecule has 2 N–H and O–H groups in total. The molecule has 1 aliphatic carbocycles. The first-order valence-electron chi connectivity index (χ1n) is 2.10. The van der Waals surface area contributed by atoms with Gasteiger partial charge in [0.2, 0.25) is 0 Å². The fourth-order valence-corrected chi connectivity index (χ4v) is 1.24. The summed E-state index contributed by atoms with van der Waals surface area (Å²) in [5.41, 5.74) is 0. The summed E-state index contributed by atoms with van der Waals surface area (Å²) in [5.74, 6) is 0. The molecule has 0 bridgehead atoms. The maximum absolute atomic E-state index is 5.42. The van der Waals surface area contributed by atoms with Crippen molar-refractivity contribution in [3.05, 3.63) is 22.4 Å². The van der Waals surface area contributed by atoms with Gasteiger partial charge in [0, 0.05) is 0 Å². The van der Waals surface area contributed by atoms with Crippen molar-refractivity contribution in [1.82, 2.24) is 0 Å². The summed E-state index contributed by atoms with van der Waals surface area (Å²) in [6, 6.07) is 0. The minimum atomic E-state index is 0.0503. The molecule has 0 spiro atoms. The second-order valence-corrected chi connectivity index (χ2v) is 2.95. The Morgan fingerprint density at radius 3 is 2.86 bits per heavy atom. The monoisotopic (exact) mass is 183 g/mol. The van der Waals surface area contributed by atoms with Gasteiger partial charge in [-0.2, -0.15) is 0 Å². The first-order chi connectivity index (χ1) is 3.43. The molecule has 0 heterocycles. The zero-order chi connectivity index (χ0) is 5.11. The van der Waals surface area contributed by atoms with Gasteiger partial charge in [-0.25, -0.2) is 0 Å². The van der Waals surface area contributed by atoms with Crippen molar-refractivity contribution in [3.8, 4) is 0 Å². The SMILES string of the molecule is [NH2][Ru][C]1=CC=CC1. The first-order valence-corrected chi connectivity index (χ1v) is 3.97. The van der Waals surface area contributed by atoms with Gasteiger partial charge in [0.15, 0.2) is 0 Å². The predicted molar refractivity (Wildman–Crippen MR) is 26.0 cm³/mol. The molecule has 0 fully saturated rings. The molecule has 0 atom stereocenters. The van der Waals surface area contributed by atoms with Crippen LogP contribution in [0.2, 0.25) is 0 Å². The molecular formula is C5H7NRu. The van der Waals surface area contributed by atoms with Crippen LogP contribution < -0.4 is 4.48 Å². The molecule has 0 aromatic carbocycles. The Hall–Kier alpha value is 0.0634. The van der Waals surface area contributed by atoms with E-state index in [1.807, 2.05) is 0 Å². The van der Waals surface area contributed by atoms with Crippen molar-refractivity contribution in [1.29, 1.82) is 0 Å². The van der Waals surface area contributed by atoms with Crippen molar-refractivity contribution < 1.29 is 17.4 Å². The predicted octanol–water partition coefficient (Wildman–Crippen LogP) is 0.786. The Kier molecular flexibility index (Phi) is 1.78. The third-order valence-electron chi connectivity index (χ3n) is 0.848. The van der Waals surface area contributed by atoms with E-state index in [1.165, 1.54) is 4.17 Å². The van der Waals surface area contributed by atoms with Gasteiger partial charge in [-0.15, -0.1) is 0 Å². The topological polar surface area (TPSA) is 26.0 Å². The van der Waals surface area contributed by atoms with E-state index in [2.05, 4.69) is 18.2 Å². The van der Waals surface area contributed by atoms with E-state index >= 15 is 0 Å². The van der Waals surface area contributed by atoms with Gasteiger partial charge in [0.1, 0.15) is 0 Å². The van der Waals surface area contributed by atoms with Crippen LogP contribution in [0.15, 0.2) is 22.4 Å². The van der Waals surface area contributed by atoms with E-state index in [0.29, 0.717) is 0 Å². The summed E-state index contributed by atoms with van der Waals surface area (Å²) < 4.78 is 6.84. The van der Waals surface area contributed by atoms with Crippen molar-refractivity contribution in [2.75, 3.05) is 0 Å². The molecule has 2 heteroatoms. The van der Waals surface area contributed by atoms with E-state index < -0.39 is 0 Å². The zero-order valence-corrected chi connectivity index (χ0v) is 5.61. The molecule has 0 unspecified atom stereocenters. The van der Waals surface area contributed by atoms with Gasteiger partial charge in [-0.05, 0) is 0 Å². The number of rotatable bonds is 1. The van der Waals surface area contributed by atoms with Crippen LogP contribution in [0.25, 0.3) is 0 Å². The molecule has 0 amide bonds. The number of nitrogens with two attached hydrogens (primary N) is 1. The molecule has 1 aliphatic rings. The first kappa shape index (κ1) is 5.20. The Balaban J connectivity index is 2.45. The van der Waals surface area contributed by atoms with Gasteiger partial charge >= 0.3 is 50.7 Å². The molecule has 40 valence electrons. The van der Waals surface area contributed by atoms with E-state index in [9.17, 15) is 0 Å². The molecule has 0 aliphatic heterocycles. The summed E-state index contributed by atoms with van der Waals surface area (Å²) in [5, 5.41) is 0. The third-order valence-corrected chi connectivity index (χ3v) is 2.14. The van der Waals surface area contributed by atoms with Crippen LogP contribution in [0, 0.1) is 0 Å². The average molecular weight is 182 g/mol. The van der Waals surface area contributed by atoms with Gasteiger partial charge in [0.25, 0.3) is 0 Å². The molecule has 0 saturated heterocycles. The van der Waals surface area contributed by atoms with Gasteiger partial charge < -0.3 is 0 Å². The van der Waals surface area contributed by atoms with Crippen molar-refractivity contribution >= 4 is 0 Å². The van der Waals surface area contributed by atoms with E-state index in [4.69, 9.17) is 4.48 Å². The van der Waals surface area contributed by atoms with Crippen molar-refractivity contribution in [2.45, 2.75) is 6.42 Å². The van der Waals surface area contributed by atoms with Crippen LogP contribution in [0.1, 0.15) is 6.42 Å². The summed E-state index contributed by atoms with van der Waals surface area (Å²) in [6.45, 7) is 0. The molecule has 0 saturated carbocycles. The molecule has 0 aromatic heterocycles. The molecule has 7 heavy (non-hydrogen) atoms. The Bertz CT molecular complexity index is 115. The van der Waals surface area contributed by atoms with Gasteiger partial charge in [-0.1, -0.05) is 0 Å². The minimum absolute atomic E-state index is 0.0503. The Morgan fingerprint density at radius 1 is 1.71 bits per heavy atom. The quantitative estimate of drug-likeness (QED) is 0.596. The summed E-state index contributed by atoms with van der Waals surface area (Å²) in [4.78, 5) is 0. The second kappa shape index (κ2) is 2.39. The van der Waals surface area contributed by atoms with Crippen LogP contribution in [-0.2, 0) is 17.4 Å². The van der Waals surface area contributed by atoms with Crippen LogP contribution in [-0.4, -0.2) is 0 Å². The molecule has 0 radical (unpaired) electrons. The van der Waals surface area contributed by atoms with Crippen molar-refractivity contribution in [2.24, 2.45) is 4.48 Å². The van der Waals surface area contributed by atoms with Gasteiger partial charge in [-0.3, -0.25) is 0 Å². The van der Waals surface area contributed by atoms with Crippen LogP contribution >= 0.6 is 0 Å². The fourth-order valence-electron chi connectivity index (χ4n) is 0.492. The number of hydrogen-bond acceptors (Lipinski definition) is 1. The molecule has 1 nitrogen and oxygen atoms in total. The summed E-state index contributed by atoms with van der Waals surface area (Å²) >= 11 is 0.0503. The van der Waals surface area contributed by atoms with E-state index in [0.717, 1.165) is 6.42 Å². The second-order valence-electron chi connectivity index (χ2n) is 1.33. The third kappa shape index (κ3) is 1.22. The summed E-state index contributed by atoms with van der Waals surface area (Å²) in [7, 11) is 0. The fraction of sp³-hybridized carbons (Fsp3) is 0.200. The maximum atomic E-state index is 5.42. The standard InChI is InChI=1S/C5H5.H2N.Ru/c1-2-4-5-3-1;;/h1-3H,4H2;1H2;/q;-1;+1. The Morgan fingerprint density at radius 2 is 2.57 bits per heavy atom. The number of allylic oxidation sites excluding steroid dienone is 4. The normalized spacial score (nSPS) is 18.1. The average Bonchev–Trinajstić information content (AvgIpc) is 2.14. The molecular weight excluding hydrogens is 175 g/mol. The van der Waals surface area contributed by atoms with E-state index in [1.54, 1.807) is 0 Å². The molecule has 1 rings (SSSR count). The van der Waals surface area contributed by atoms with E-state index in [-0.39, 0.29) is 17.4 Å². The number of hydrogen-bond donors (Lipinski definition) is 1.